The lowest BCUT2D eigenvalue weighted by molar-refractivity contribution is 0.0947. The maximum Gasteiger partial charge on any atom is 0.255 e. The first-order valence-electron chi connectivity index (χ1n) is 10.5. The molecule has 1 aliphatic heterocycles. The maximum absolute atomic E-state index is 12.8. The van der Waals surface area contributed by atoms with Crippen molar-refractivity contribution in [3.63, 3.8) is 0 Å². The van der Waals surface area contributed by atoms with Crippen LogP contribution in [-0.2, 0) is 23.1 Å². The summed E-state index contributed by atoms with van der Waals surface area (Å²) in [5.74, 6) is 1.22. The number of sulfonamides is 1. The molecule has 0 saturated carbocycles. The molecule has 7 nitrogen and oxygen atoms in total. The summed E-state index contributed by atoms with van der Waals surface area (Å²) in [6, 6.07) is 12.1. The van der Waals surface area contributed by atoms with Crippen molar-refractivity contribution in [1.29, 1.82) is 0 Å². The Bertz CT molecular complexity index is 1030. The van der Waals surface area contributed by atoms with Crippen molar-refractivity contribution in [3.8, 4) is 5.75 Å². The molecule has 0 radical (unpaired) electrons. The van der Waals surface area contributed by atoms with Crippen LogP contribution in [0.3, 0.4) is 0 Å². The van der Waals surface area contributed by atoms with Gasteiger partial charge in [-0.2, -0.15) is 0 Å². The molecule has 2 atom stereocenters. The van der Waals surface area contributed by atoms with E-state index in [1.165, 1.54) is 37.3 Å². The Morgan fingerprint density at radius 1 is 1.13 bits per heavy atom. The van der Waals surface area contributed by atoms with Gasteiger partial charge in [-0.15, -0.1) is 0 Å². The molecule has 3 N–H and O–H groups in total. The molecular weight excluding hydrogens is 414 g/mol. The molecule has 8 heteroatoms. The van der Waals surface area contributed by atoms with Gasteiger partial charge in [0.2, 0.25) is 10.0 Å². The lowest BCUT2D eigenvalue weighted by Crippen LogP contribution is -2.38. The number of piperidine rings is 1. The van der Waals surface area contributed by atoms with Gasteiger partial charge in [-0.05, 0) is 47.6 Å². The second kappa shape index (κ2) is 9.80. The van der Waals surface area contributed by atoms with E-state index in [0.717, 1.165) is 25.2 Å². The molecule has 168 valence electrons. The molecule has 1 heterocycles. The molecule has 0 aromatic heterocycles. The fourth-order valence-electron chi connectivity index (χ4n) is 4.36. The molecule has 1 amide bonds. The van der Waals surface area contributed by atoms with Gasteiger partial charge in [0.1, 0.15) is 5.75 Å². The molecular formula is C23H31N3O4S. The van der Waals surface area contributed by atoms with E-state index in [2.05, 4.69) is 30.1 Å². The number of nitrogens with two attached hydrogens (primary N) is 1. The van der Waals surface area contributed by atoms with E-state index in [0.29, 0.717) is 18.4 Å². The van der Waals surface area contributed by atoms with Crippen LogP contribution >= 0.6 is 0 Å². The van der Waals surface area contributed by atoms with Gasteiger partial charge in [0.15, 0.2) is 0 Å². The Hall–Kier alpha value is -2.42. The van der Waals surface area contributed by atoms with Gasteiger partial charge in [-0.25, -0.2) is 13.6 Å². The quantitative estimate of drug-likeness (QED) is 0.682. The molecule has 0 spiro atoms. The Morgan fingerprint density at radius 2 is 1.77 bits per heavy atom. The lowest BCUT2D eigenvalue weighted by Gasteiger charge is -2.35. The van der Waals surface area contributed by atoms with Crippen LogP contribution in [0.2, 0.25) is 0 Å². The fourth-order valence-corrected chi connectivity index (χ4v) is 4.90. The third-order valence-corrected chi connectivity index (χ3v) is 6.55. The number of methoxy groups -OCH3 is 1. The van der Waals surface area contributed by atoms with E-state index < -0.39 is 15.9 Å². The minimum Gasteiger partial charge on any atom is -0.496 e. The molecule has 0 bridgehead atoms. The van der Waals surface area contributed by atoms with Gasteiger partial charge in [0.25, 0.3) is 5.91 Å². The number of carbonyl (C=O) groups excluding carboxylic acids is 1. The average Bonchev–Trinajstić information content (AvgIpc) is 2.71. The molecule has 0 aliphatic carbocycles. The highest BCUT2D eigenvalue weighted by Gasteiger charge is 2.22. The van der Waals surface area contributed by atoms with Crippen LogP contribution in [0, 0.1) is 11.8 Å². The van der Waals surface area contributed by atoms with Gasteiger partial charge in [0, 0.05) is 26.2 Å². The molecule has 2 unspecified atom stereocenters. The van der Waals surface area contributed by atoms with Crippen molar-refractivity contribution >= 4 is 15.9 Å². The number of nitrogens with zero attached hydrogens (tertiary/aromatic N) is 1. The summed E-state index contributed by atoms with van der Waals surface area (Å²) in [5, 5.41) is 8.10. The zero-order valence-electron chi connectivity index (χ0n) is 18.3. The predicted octanol–water partition coefficient (Wildman–Crippen LogP) is 2.75. The van der Waals surface area contributed by atoms with Crippen molar-refractivity contribution < 1.29 is 17.9 Å². The highest BCUT2D eigenvalue weighted by Crippen LogP contribution is 2.24. The number of carbonyl (C=O) groups is 1. The van der Waals surface area contributed by atoms with Crippen LogP contribution < -0.4 is 15.2 Å². The number of primary sulfonamides is 1. The Morgan fingerprint density at radius 3 is 2.39 bits per heavy atom. The number of ether oxygens (including phenoxy) is 1. The minimum absolute atomic E-state index is 0.130. The summed E-state index contributed by atoms with van der Waals surface area (Å²) in [6.07, 6.45) is 1.26. The summed E-state index contributed by atoms with van der Waals surface area (Å²) >= 11 is 0. The second-order valence-electron chi connectivity index (χ2n) is 8.50. The number of hydrogen-bond acceptors (Lipinski definition) is 5. The van der Waals surface area contributed by atoms with E-state index in [1.807, 2.05) is 18.2 Å². The number of benzene rings is 2. The molecule has 1 saturated heterocycles. The summed E-state index contributed by atoms with van der Waals surface area (Å²) in [6.45, 7) is 7.89. The van der Waals surface area contributed by atoms with Gasteiger partial charge in [-0.3, -0.25) is 9.69 Å². The van der Waals surface area contributed by atoms with Crippen molar-refractivity contribution in [1.82, 2.24) is 10.2 Å². The smallest absolute Gasteiger partial charge is 0.255 e. The highest BCUT2D eigenvalue weighted by molar-refractivity contribution is 7.89. The number of rotatable bonds is 7. The van der Waals surface area contributed by atoms with Crippen LogP contribution in [0.1, 0.15) is 41.8 Å². The predicted molar refractivity (Wildman–Crippen MR) is 120 cm³/mol. The average molecular weight is 446 g/mol. The highest BCUT2D eigenvalue weighted by atomic mass is 32.2. The van der Waals surface area contributed by atoms with E-state index in [-0.39, 0.29) is 16.2 Å². The summed E-state index contributed by atoms with van der Waals surface area (Å²) < 4.78 is 28.6. The molecule has 3 rings (SSSR count). The molecule has 1 fully saturated rings. The molecule has 2 aromatic rings. The topological polar surface area (TPSA) is 102 Å². The van der Waals surface area contributed by atoms with Crippen LogP contribution in [-0.4, -0.2) is 39.4 Å². The first-order chi connectivity index (χ1) is 14.7. The normalized spacial score (nSPS) is 19.7. The van der Waals surface area contributed by atoms with Crippen molar-refractivity contribution in [2.24, 2.45) is 17.0 Å². The number of hydrogen-bond donors (Lipinski definition) is 2. The van der Waals surface area contributed by atoms with E-state index in [4.69, 9.17) is 9.88 Å². The fraction of sp³-hybridized carbons (Fsp3) is 0.435. The van der Waals surface area contributed by atoms with E-state index in [9.17, 15) is 13.2 Å². The van der Waals surface area contributed by atoms with Crippen LogP contribution in [0.15, 0.2) is 47.4 Å². The SMILES string of the molecule is COc1ccc(S(N)(=O)=O)cc1C(=O)NCc1ccccc1CN1CC(C)CC(C)C1. The number of nitrogens with one attached hydrogen (secondary N) is 1. The monoisotopic (exact) mass is 445 g/mol. The third kappa shape index (κ3) is 6.06. The molecule has 2 aromatic carbocycles. The third-order valence-electron chi connectivity index (χ3n) is 5.64. The summed E-state index contributed by atoms with van der Waals surface area (Å²) in [5.41, 5.74) is 2.34. The van der Waals surface area contributed by atoms with Gasteiger partial charge in [-0.1, -0.05) is 38.1 Å². The number of amides is 1. The first kappa shape index (κ1) is 23.2. The van der Waals surface area contributed by atoms with Crippen LogP contribution in [0.25, 0.3) is 0 Å². The maximum atomic E-state index is 12.8. The largest absolute Gasteiger partial charge is 0.496 e. The van der Waals surface area contributed by atoms with Crippen molar-refractivity contribution in [2.45, 2.75) is 38.3 Å². The Labute approximate surface area is 184 Å². The second-order valence-corrected chi connectivity index (χ2v) is 10.1. The van der Waals surface area contributed by atoms with Gasteiger partial charge >= 0.3 is 0 Å². The zero-order valence-corrected chi connectivity index (χ0v) is 19.1. The molecule has 1 aliphatic rings. The van der Waals surface area contributed by atoms with Gasteiger partial charge < -0.3 is 10.1 Å². The summed E-state index contributed by atoms with van der Waals surface area (Å²) in [4.78, 5) is 15.2. The Kier molecular flexibility index (Phi) is 7.35. The lowest BCUT2D eigenvalue weighted by atomic mass is 9.91. The van der Waals surface area contributed by atoms with Crippen molar-refractivity contribution in [3.05, 3.63) is 59.2 Å². The first-order valence-corrected chi connectivity index (χ1v) is 12.0. The van der Waals surface area contributed by atoms with Crippen molar-refractivity contribution in [2.75, 3.05) is 20.2 Å². The Balaban J connectivity index is 1.74. The molecule has 31 heavy (non-hydrogen) atoms. The van der Waals surface area contributed by atoms with Gasteiger partial charge in [0.05, 0.1) is 17.6 Å². The van der Waals surface area contributed by atoms with Crippen LogP contribution in [0.5, 0.6) is 5.75 Å². The zero-order chi connectivity index (χ0) is 22.6. The minimum atomic E-state index is -3.92. The van der Waals surface area contributed by atoms with E-state index in [1.54, 1.807) is 0 Å². The van der Waals surface area contributed by atoms with E-state index >= 15 is 0 Å². The summed E-state index contributed by atoms with van der Waals surface area (Å²) in [7, 11) is -2.50. The van der Waals surface area contributed by atoms with Crippen LogP contribution in [0.4, 0.5) is 0 Å². The standard InChI is InChI=1S/C23H31N3O4S/c1-16-10-17(2)14-26(13-16)15-19-7-5-4-6-18(19)12-25-23(27)21-11-20(31(24,28)29)8-9-22(21)30-3/h4-9,11,16-17H,10,12-15H2,1-3H3,(H,25,27)(H2,24,28,29). The number of likely N-dealkylation sites (tertiary alicyclic amines) is 1.